The lowest BCUT2D eigenvalue weighted by atomic mass is 10.0. The molecular formula is C18H22N2O. The first-order chi connectivity index (χ1) is 10.2. The second kappa shape index (κ2) is 7.60. The molecule has 0 unspecified atom stereocenters. The van der Waals surface area contributed by atoms with Gasteiger partial charge in [0.15, 0.2) is 0 Å². The molecule has 0 saturated heterocycles. The average molecular weight is 282 g/mol. The standard InChI is InChI=1S/C18H22N2O/c1-2-6-17(15-7-4-3-5-8-15)20-13-14-9-11-16(12-10-14)18(19)21/h3-5,7-12,17,20H,2,6,13H2,1H3,(H2,19,21)/t17-/m1/s1. The smallest absolute Gasteiger partial charge is 0.248 e. The number of nitrogens with two attached hydrogens (primary N) is 1. The van der Waals surface area contributed by atoms with E-state index in [2.05, 4.69) is 36.5 Å². The van der Waals surface area contributed by atoms with Crippen molar-refractivity contribution in [2.45, 2.75) is 32.4 Å². The monoisotopic (exact) mass is 282 g/mol. The third kappa shape index (κ3) is 4.43. The van der Waals surface area contributed by atoms with Crippen molar-refractivity contribution < 1.29 is 4.79 Å². The Bertz CT molecular complexity index is 564. The molecule has 2 aromatic carbocycles. The summed E-state index contributed by atoms with van der Waals surface area (Å²) in [6, 6.07) is 18.3. The molecular weight excluding hydrogens is 260 g/mol. The van der Waals surface area contributed by atoms with Crippen molar-refractivity contribution in [1.29, 1.82) is 0 Å². The zero-order valence-corrected chi connectivity index (χ0v) is 12.4. The molecule has 0 fully saturated rings. The molecule has 21 heavy (non-hydrogen) atoms. The van der Waals surface area contributed by atoms with Crippen LogP contribution in [0.4, 0.5) is 0 Å². The normalized spacial score (nSPS) is 12.0. The molecule has 0 aromatic heterocycles. The van der Waals surface area contributed by atoms with Crippen LogP contribution in [0, 0.1) is 0 Å². The Balaban J connectivity index is 2.00. The molecule has 0 bridgehead atoms. The Kier molecular flexibility index (Phi) is 5.52. The molecule has 0 heterocycles. The summed E-state index contributed by atoms with van der Waals surface area (Å²) in [5, 5.41) is 3.59. The minimum Gasteiger partial charge on any atom is -0.366 e. The predicted molar refractivity (Wildman–Crippen MR) is 85.9 cm³/mol. The van der Waals surface area contributed by atoms with Gasteiger partial charge in [-0.15, -0.1) is 0 Å². The van der Waals surface area contributed by atoms with E-state index in [0.29, 0.717) is 11.6 Å². The topological polar surface area (TPSA) is 55.1 Å². The summed E-state index contributed by atoms with van der Waals surface area (Å²) < 4.78 is 0. The molecule has 2 aromatic rings. The lowest BCUT2D eigenvalue weighted by molar-refractivity contribution is 0.100. The van der Waals surface area contributed by atoms with Crippen molar-refractivity contribution in [3.8, 4) is 0 Å². The van der Waals surface area contributed by atoms with E-state index in [1.54, 1.807) is 12.1 Å². The fraction of sp³-hybridized carbons (Fsp3) is 0.278. The molecule has 3 nitrogen and oxygen atoms in total. The molecule has 0 aliphatic heterocycles. The number of primary amides is 1. The number of nitrogens with one attached hydrogen (secondary N) is 1. The van der Waals surface area contributed by atoms with Crippen LogP contribution in [-0.4, -0.2) is 5.91 Å². The zero-order chi connectivity index (χ0) is 15.1. The predicted octanol–water partition coefficient (Wildman–Crippen LogP) is 3.42. The summed E-state index contributed by atoms with van der Waals surface area (Å²) in [7, 11) is 0. The van der Waals surface area contributed by atoms with Crippen molar-refractivity contribution in [1.82, 2.24) is 5.32 Å². The van der Waals surface area contributed by atoms with Gasteiger partial charge in [-0.05, 0) is 29.7 Å². The van der Waals surface area contributed by atoms with Crippen molar-refractivity contribution >= 4 is 5.91 Å². The largest absolute Gasteiger partial charge is 0.366 e. The van der Waals surface area contributed by atoms with E-state index in [9.17, 15) is 4.79 Å². The first-order valence-electron chi connectivity index (χ1n) is 7.37. The van der Waals surface area contributed by atoms with Crippen LogP contribution in [-0.2, 0) is 6.54 Å². The second-order valence-corrected chi connectivity index (χ2v) is 5.19. The van der Waals surface area contributed by atoms with Crippen LogP contribution in [0.3, 0.4) is 0 Å². The highest BCUT2D eigenvalue weighted by Gasteiger charge is 2.09. The quantitative estimate of drug-likeness (QED) is 0.817. The Hall–Kier alpha value is -2.13. The van der Waals surface area contributed by atoms with E-state index in [-0.39, 0.29) is 5.91 Å². The molecule has 1 atom stereocenters. The van der Waals surface area contributed by atoms with Crippen molar-refractivity contribution in [3.05, 3.63) is 71.3 Å². The Morgan fingerprint density at radius 2 is 1.76 bits per heavy atom. The maximum absolute atomic E-state index is 11.1. The summed E-state index contributed by atoms with van der Waals surface area (Å²) in [5.74, 6) is -0.386. The summed E-state index contributed by atoms with van der Waals surface area (Å²) in [4.78, 5) is 11.1. The maximum Gasteiger partial charge on any atom is 0.248 e. The summed E-state index contributed by atoms with van der Waals surface area (Å²) in [5.41, 5.74) is 8.26. The Labute approximate surface area is 126 Å². The van der Waals surface area contributed by atoms with Crippen LogP contribution in [0.2, 0.25) is 0 Å². The van der Waals surface area contributed by atoms with Gasteiger partial charge in [0.1, 0.15) is 0 Å². The Morgan fingerprint density at radius 3 is 2.33 bits per heavy atom. The molecule has 0 aliphatic carbocycles. The fourth-order valence-electron chi connectivity index (χ4n) is 2.39. The maximum atomic E-state index is 11.1. The molecule has 110 valence electrons. The van der Waals surface area contributed by atoms with E-state index in [0.717, 1.165) is 24.9 Å². The van der Waals surface area contributed by atoms with Crippen LogP contribution < -0.4 is 11.1 Å². The minimum absolute atomic E-state index is 0.354. The van der Waals surface area contributed by atoms with E-state index in [1.165, 1.54) is 5.56 Å². The molecule has 0 saturated carbocycles. The van der Waals surface area contributed by atoms with Crippen LogP contribution in [0.5, 0.6) is 0 Å². The first-order valence-corrected chi connectivity index (χ1v) is 7.37. The van der Waals surface area contributed by atoms with Crippen LogP contribution in [0.25, 0.3) is 0 Å². The number of hydrogen-bond acceptors (Lipinski definition) is 2. The van der Waals surface area contributed by atoms with Gasteiger partial charge in [0, 0.05) is 18.2 Å². The van der Waals surface area contributed by atoms with Crippen LogP contribution in [0.15, 0.2) is 54.6 Å². The highest BCUT2D eigenvalue weighted by Crippen LogP contribution is 2.18. The highest BCUT2D eigenvalue weighted by atomic mass is 16.1. The van der Waals surface area contributed by atoms with Gasteiger partial charge in [-0.1, -0.05) is 55.8 Å². The van der Waals surface area contributed by atoms with Crippen molar-refractivity contribution in [2.24, 2.45) is 5.73 Å². The summed E-state index contributed by atoms with van der Waals surface area (Å²) in [6.45, 7) is 2.97. The van der Waals surface area contributed by atoms with Crippen LogP contribution in [0.1, 0.15) is 47.3 Å². The SMILES string of the molecule is CCC[C@@H](NCc1ccc(C(N)=O)cc1)c1ccccc1. The number of benzene rings is 2. The van der Waals surface area contributed by atoms with Crippen LogP contribution >= 0.6 is 0 Å². The molecule has 1 amide bonds. The molecule has 2 rings (SSSR count). The van der Waals surface area contributed by atoms with E-state index >= 15 is 0 Å². The summed E-state index contributed by atoms with van der Waals surface area (Å²) >= 11 is 0. The molecule has 3 N–H and O–H groups in total. The van der Waals surface area contributed by atoms with Crippen molar-refractivity contribution in [3.63, 3.8) is 0 Å². The number of amides is 1. The average Bonchev–Trinajstić information content (AvgIpc) is 2.52. The van der Waals surface area contributed by atoms with Gasteiger partial charge >= 0.3 is 0 Å². The number of carbonyl (C=O) groups is 1. The van der Waals surface area contributed by atoms with E-state index < -0.39 is 0 Å². The molecule has 3 heteroatoms. The number of hydrogen-bond donors (Lipinski definition) is 2. The third-order valence-corrected chi connectivity index (χ3v) is 3.57. The molecule has 0 radical (unpaired) electrons. The fourth-order valence-corrected chi connectivity index (χ4v) is 2.39. The van der Waals surface area contributed by atoms with E-state index in [4.69, 9.17) is 5.73 Å². The van der Waals surface area contributed by atoms with E-state index in [1.807, 2.05) is 18.2 Å². The highest BCUT2D eigenvalue weighted by molar-refractivity contribution is 5.92. The number of carbonyl (C=O) groups excluding carboxylic acids is 1. The summed E-state index contributed by atoms with van der Waals surface area (Å²) in [6.07, 6.45) is 2.23. The lowest BCUT2D eigenvalue weighted by Crippen LogP contribution is -2.21. The van der Waals surface area contributed by atoms with Gasteiger partial charge in [0.05, 0.1) is 0 Å². The van der Waals surface area contributed by atoms with Gasteiger partial charge in [0.2, 0.25) is 5.91 Å². The van der Waals surface area contributed by atoms with Gasteiger partial charge in [-0.2, -0.15) is 0 Å². The van der Waals surface area contributed by atoms with Gasteiger partial charge < -0.3 is 11.1 Å². The van der Waals surface area contributed by atoms with Crippen molar-refractivity contribution in [2.75, 3.05) is 0 Å². The van der Waals surface area contributed by atoms with Gasteiger partial charge in [0.25, 0.3) is 0 Å². The number of rotatable bonds is 7. The third-order valence-electron chi connectivity index (χ3n) is 3.57. The van der Waals surface area contributed by atoms with Gasteiger partial charge in [-0.3, -0.25) is 4.79 Å². The zero-order valence-electron chi connectivity index (χ0n) is 12.4. The molecule has 0 spiro atoms. The lowest BCUT2D eigenvalue weighted by Gasteiger charge is -2.18. The minimum atomic E-state index is -0.386. The Morgan fingerprint density at radius 1 is 1.10 bits per heavy atom. The molecule has 0 aliphatic rings. The first kappa shape index (κ1) is 15.3. The van der Waals surface area contributed by atoms with Gasteiger partial charge in [-0.25, -0.2) is 0 Å². The second-order valence-electron chi connectivity index (χ2n) is 5.19.